The van der Waals surface area contributed by atoms with Crippen molar-refractivity contribution in [2.45, 2.75) is 19.1 Å². The molecule has 0 radical (unpaired) electrons. The number of benzene rings is 1. The fourth-order valence-electron chi connectivity index (χ4n) is 1.74. The van der Waals surface area contributed by atoms with Crippen molar-refractivity contribution in [3.63, 3.8) is 0 Å². The molecule has 1 atom stereocenters. The summed E-state index contributed by atoms with van der Waals surface area (Å²) in [6.07, 6.45) is 0.655. The Morgan fingerprint density at radius 2 is 2.00 bits per heavy atom. The minimum atomic E-state index is -2.16. The van der Waals surface area contributed by atoms with Crippen LogP contribution in [0.4, 0.5) is 0 Å². The highest BCUT2D eigenvalue weighted by molar-refractivity contribution is 6.05. The third-order valence-electron chi connectivity index (χ3n) is 2.87. The highest BCUT2D eigenvalue weighted by Gasteiger charge is 2.45. The monoisotopic (exact) mass is 262 g/mol. The predicted octanol–water partition coefficient (Wildman–Crippen LogP) is 1.19. The van der Waals surface area contributed by atoms with E-state index in [4.69, 9.17) is 4.74 Å². The Balaban J connectivity index is 2.19. The van der Waals surface area contributed by atoms with Crippen molar-refractivity contribution < 1.29 is 24.2 Å². The molecule has 0 aliphatic carbocycles. The fraction of sp³-hybridized carbons (Fsp3) is 0.286. The number of methoxy groups -OCH3 is 1. The lowest BCUT2D eigenvalue weighted by Gasteiger charge is -2.20. The number of hydrogen-bond donors (Lipinski definition) is 1. The van der Waals surface area contributed by atoms with Crippen molar-refractivity contribution in [2.75, 3.05) is 7.11 Å². The smallest absolute Gasteiger partial charge is 0.312 e. The molecule has 1 heterocycles. The number of aryl methyl sites for hydroxylation is 1. The lowest BCUT2D eigenvalue weighted by molar-refractivity contribution is -0.181. The molecular weight excluding hydrogens is 248 g/mol. The van der Waals surface area contributed by atoms with Gasteiger partial charge in [-0.15, -0.1) is 0 Å². The van der Waals surface area contributed by atoms with Crippen LogP contribution in [0.15, 0.2) is 30.3 Å². The molecule has 0 bridgehead atoms. The third kappa shape index (κ3) is 2.66. The van der Waals surface area contributed by atoms with Crippen LogP contribution in [-0.4, -0.2) is 29.8 Å². The van der Waals surface area contributed by atoms with Crippen molar-refractivity contribution in [2.24, 2.45) is 0 Å². The van der Waals surface area contributed by atoms with Gasteiger partial charge in [0.05, 0.1) is 7.11 Å². The van der Waals surface area contributed by atoms with Gasteiger partial charge >= 0.3 is 5.97 Å². The molecule has 1 aliphatic heterocycles. The van der Waals surface area contributed by atoms with Gasteiger partial charge in [-0.1, -0.05) is 29.8 Å². The maximum atomic E-state index is 11.7. The summed E-state index contributed by atoms with van der Waals surface area (Å²) in [7, 11) is 1.18. The van der Waals surface area contributed by atoms with E-state index >= 15 is 0 Å². The first kappa shape index (κ1) is 13.3. The summed E-state index contributed by atoms with van der Waals surface area (Å²) in [4.78, 5) is 22.9. The summed E-state index contributed by atoms with van der Waals surface area (Å²) >= 11 is 0. The Morgan fingerprint density at radius 1 is 1.37 bits per heavy atom. The number of ether oxygens (including phenoxy) is 2. The summed E-state index contributed by atoms with van der Waals surface area (Å²) in [6.45, 7) is 1.94. The van der Waals surface area contributed by atoms with Gasteiger partial charge in [0, 0.05) is 11.6 Å². The molecule has 100 valence electrons. The van der Waals surface area contributed by atoms with Crippen LogP contribution in [0.1, 0.15) is 17.5 Å². The molecule has 19 heavy (non-hydrogen) atoms. The molecule has 1 unspecified atom stereocenters. The lowest BCUT2D eigenvalue weighted by atomic mass is 10.1. The average Bonchev–Trinajstić information content (AvgIpc) is 2.66. The van der Waals surface area contributed by atoms with Crippen LogP contribution < -0.4 is 0 Å². The number of rotatable bonds is 3. The first-order valence-electron chi connectivity index (χ1n) is 5.76. The molecule has 2 rings (SSSR count). The lowest BCUT2D eigenvalue weighted by Crippen LogP contribution is -2.38. The summed E-state index contributed by atoms with van der Waals surface area (Å²) in [6, 6.07) is 7.28. The van der Waals surface area contributed by atoms with E-state index in [1.807, 2.05) is 19.1 Å². The van der Waals surface area contributed by atoms with E-state index in [1.54, 1.807) is 12.1 Å². The minimum absolute atomic E-state index is 0.247. The second kappa shape index (κ2) is 4.85. The van der Waals surface area contributed by atoms with E-state index in [-0.39, 0.29) is 5.76 Å². The van der Waals surface area contributed by atoms with Gasteiger partial charge in [-0.3, -0.25) is 9.59 Å². The normalized spacial score (nSPS) is 21.8. The quantitative estimate of drug-likeness (QED) is 0.828. The van der Waals surface area contributed by atoms with Gasteiger partial charge in [-0.25, -0.2) is 0 Å². The molecule has 1 aromatic rings. The van der Waals surface area contributed by atoms with Crippen molar-refractivity contribution in [3.8, 4) is 0 Å². The van der Waals surface area contributed by atoms with E-state index in [0.29, 0.717) is 5.56 Å². The van der Waals surface area contributed by atoms with Gasteiger partial charge in [-0.05, 0) is 6.92 Å². The standard InChI is InChI=1S/C14H14O5/c1-9-3-5-10(6-4-9)11-7-12(15)14(17,19-11)8-13(16)18-2/h3-7,17H,8H2,1-2H3. The zero-order chi connectivity index (χ0) is 14.0. The second-order valence-corrected chi connectivity index (χ2v) is 4.38. The van der Waals surface area contributed by atoms with Crippen LogP contribution in [0.5, 0.6) is 0 Å². The highest BCUT2D eigenvalue weighted by atomic mass is 16.6. The van der Waals surface area contributed by atoms with Crippen molar-refractivity contribution in [1.29, 1.82) is 0 Å². The molecule has 0 amide bonds. The number of carbonyl (C=O) groups is 2. The molecule has 0 saturated carbocycles. The van der Waals surface area contributed by atoms with E-state index in [0.717, 1.165) is 5.56 Å². The van der Waals surface area contributed by atoms with Gasteiger partial charge in [0.25, 0.3) is 5.79 Å². The van der Waals surface area contributed by atoms with Crippen molar-refractivity contribution >= 4 is 17.5 Å². The molecule has 1 aliphatic rings. The fourth-order valence-corrected chi connectivity index (χ4v) is 1.74. The molecule has 0 aromatic heterocycles. The van der Waals surface area contributed by atoms with Crippen LogP contribution >= 0.6 is 0 Å². The van der Waals surface area contributed by atoms with Crippen LogP contribution in [0.25, 0.3) is 5.76 Å². The highest BCUT2D eigenvalue weighted by Crippen LogP contribution is 2.32. The maximum Gasteiger partial charge on any atom is 0.312 e. The van der Waals surface area contributed by atoms with Gasteiger partial charge in [-0.2, -0.15) is 0 Å². The zero-order valence-corrected chi connectivity index (χ0v) is 10.7. The zero-order valence-electron chi connectivity index (χ0n) is 10.7. The van der Waals surface area contributed by atoms with E-state index in [2.05, 4.69) is 4.74 Å². The molecular formula is C14H14O5. The Hall–Kier alpha value is -2.14. The van der Waals surface area contributed by atoms with Gasteiger partial charge in [0.15, 0.2) is 0 Å². The van der Waals surface area contributed by atoms with Crippen LogP contribution in [0.3, 0.4) is 0 Å². The van der Waals surface area contributed by atoms with E-state index < -0.39 is 24.0 Å². The second-order valence-electron chi connectivity index (χ2n) is 4.38. The molecule has 1 N–H and O–H groups in total. The summed E-state index contributed by atoms with van der Waals surface area (Å²) in [5.41, 5.74) is 1.73. The van der Waals surface area contributed by atoms with Gasteiger partial charge in [0.1, 0.15) is 12.2 Å². The molecule has 5 nitrogen and oxygen atoms in total. The number of hydrogen-bond acceptors (Lipinski definition) is 5. The Bertz CT molecular complexity index is 543. The number of ketones is 1. The largest absolute Gasteiger partial charge is 0.469 e. The van der Waals surface area contributed by atoms with E-state index in [9.17, 15) is 14.7 Å². The minimum Gasteiger partial charge on any atom is -0.469 e. The Morgan fingerprint density at radius 3 is 2.58 bits per heavy atom. The molecule has 5 heteroatoms. The number of carbonyl (C=O) groups excluding carboxylic acids is 2. The predicted molar refractivity (Wildman–Crippen MR) is 66.8 cm³/mol. The summed E-state index contributed by atoms with van der Waals surface area (Å²) < 4.78 is 9.65. The first-order valence-corrected chi connectivity index (χ1v) is 5.76. The summed E-state index contributed by atoms with van der Waals surface area (Å²) in [5, 5.41) is 10.0. The first-order chi connectivity index (χ1) is 8.94. The summed E-state index contributed by atoms with van der Waals surface area (Å²) in [5.74, 6) is -3.29. The van der Waals surface area contributed by atoms with Crippen LogP contribution in [0.2, 0.25) is 0 Å². The van der Waals surface area contributed by atoms with Crippen molar-refractivity contribution in [3.05, 3.63) is 41.5 Å². The third-order valence-corrected chi connectivity index (χ3v) is 2.87. The molecule has 0 saturated heterocycles. The SMILES string of the molecule is COC(=O)CC1(O)OC(c2ccc(C)cc2)=CC1=O. The number of esters is 1. The molecule has 0 spiro atoms. The topological polar surface area (TPSA) is 72.8 Å². The van der Waals surface area contributed by atoms with Crippen LogP contribution in [0, 0.1) is 6.92 Å². The van der Waals surface area contributed by atoms with Crippen molar-refractivity contribution in [1.82, 2.24) is 0 Å². The molecule has 0 fully saturated rings. The van der Waals surface area contributed by atoms with Gasteiger partial charge < -0.3 is 14.6 Å². The van der Waals surface area contributed by atoms with Crippen LogP contribution in [-0.2, 0) is 19.1 Å². The Kier molecular flexibility index (Phi) is 3.40. The molecule has 1 aromatic carbocycles. The maximum absolute atomic E-state index is 11.7. The Labute approximate surface area is 110 Å². The van der Waals surface area contributed by atoms with Gasteiger partial charge in [0.2, 0.25) is 5.78 Å². The number of aliphatic hydroxyl groups is 1. The van der Waals surface area contributed by atoms with E-state index in [1.165, 1.54) is 13.2 Å². The average molecular weight is 262 g/mol.